The maximum Gasteiger partial charge on any atom is 0.311 e. The fraction of sp³-hybridized carbons (Fsp3) is 0.222. The van der Waals surface area contributed by atoms with Crippen LogP contribution in [-0.4, -0.2) is 35.6 Å². The van der Waals surface area contributed by atoms with Crippen LogP contribution in [0.15, 0.2) is 34.6 Å². The Morgan fingerprint density at radius 1 is 1.33 bits per heavy atom. The number of ether oxygens (including phenoxy) is 2. The van der Waals surface area contributed by atoms with Crippen LogP contribution in [-0.2, 0) is 16.0 Å². The molecule has 0 saturated heterocycles. The first-order chi connectivity index (χ1) is 13.0. The summed E-state index contributed by atoms with van der Waals surface area (Å²) in [5.41, 5.74) is 0.555. The largest absolute Gasteiger partial charge is 0.495 e. The second kappa shape index (κ2) is 8.00. The number of nitrogens with zero attached hydrogens (tertiary/aromatic N) is 1. The van der Waals surface area contributed by atoms with Crippen molar-refractivity contribution in [1.82, 2.24) is 9.97 Å². The number of aromatic nitrogens is 2. The predicted molar refractivity (Wildman–Crippen MR) is 102 cm³/mol. The van der Waals surface area contributed by atoms with E-state index >= 15 is 0 Å². The third-order valence-electron chi connectivity index (χ3n) is 3.74. The number of pyridine rings is 1. The van der Waals surface area contributed by atoms with Gasteiger partial charge in [-0.15, -0.1) is 11.3 Å². The molecule has 3 aromatic rings. The average Bonchev–Trinajstić information content (AvgIpc) is 3.08. The molecule has 9 heteroatoms. The number of amides is 1. The Morgan fingerprint density at radius 2 is 2.15 bits per heavy atom. The van der Waals surface area contributed by atoms with Crippen molar-refractivity contribution >= 4 is 39.2 Å². The van der Waals surface area contributed by atoms with E-state index < -0.39 is 11.3 Å². The summed E-state index contributed by atoms with van der Waals surface area (Å²) in [6, 6.07) is 5.02. The lowest BCUT2D eigenvalue weighted by atomic mass is 10.1. The Bertz CT molecular complexity index is 1060. The van der Waals surface area contributed by atoms with Gasteiger partial charge in [0, 0.05) is 11.6 Å². The number of anilines is 1. The molecule has 2 aromatic heterocycles. The normalized spacial score (nSPS) is 10.6. The second-order valence-electron chi connectivity index (χ2n) is 5.49. The highest BCUT2D eigenvalue weighted by Gasteiger charge is 2.16. The number of nitrogens with one attached hydrogen (secondary N) is 2. The number of fused-ring (bicyclic) bond motifs is 1. The lowest BCUT2D eigenvalue weighted by Gasteiger charge is -2.07. The molecule has 140 valence electrons. The highest BCUT2D eigenvalue weighted by molar-refractivity contribution is 7.14. The minimum atomic E-state index is -0.585. The highest BCUT2D eigenvalue weighted by atomic mass is 32.1. The average molecular weight is 387 g/mol. The summed E-state index contributed by atoms with van der Waals surface area (Å²) in [6.07, 6.45) is 1.37. The van der Waals surface area contributed by atoms with Gasteiger partial charge in [-0.2, -0.15) is 0 Å². The Morgan fingerprint density at radius 3 is 2.89 bits per heavy atom. The predicted octanol–water partition coefficient (Wildman–Crippen LogP) is 2.35. The van der Waals surface area contributed by atoms with Crippen LogP contribution in [0.2, 0.25) is 0 Å². The minimum absolute atomic E-state index is 0.0244. The van der Waals surface area contributed by atoms with Crippen molar-refractivity contribution in [1.29, 1.82) is 0 Å². The molecule has 0 saturated carbocycles. The molecule has 3 rings (SSSR count). The fourth-order valence-electron chi connectivity index (χ4n) is 2.53. The molecule has 2 heterocycles. The summed E-state index contributed by atoms with van der Waals surface area (Å²) in [7, 11) is 1.50. The van der Waals surface area contributed by atoms with Crippen LogP contribution in [0.4, 0.5) is 5.13 Å². The maximum absolute atomic E-state index is 12.6. The van der Waals surface area contributed by atoms with Crippen molar-refractivity contribution in [2.75, 3.05) is 19.0 Å². The Balaban J connectivity index is 1.81. The number of methoxy groups -OCH3 is 1. The lowest BCUT2D eigenvalue weighted by Crippen LogP contribution is -2.22. The van der Waals surface area contributed by atoms with Gasteiger partial charge in [0.2, 0.25) is 5.43 Å². The smallest absolute Gasteiger partial charge is 0.311 e. The SMILES string of the molecule is CCOC(=O)Cc1csc(NC(=O)c2c[nH]c3c(OC)cccc3c2=O)n1. The van der Waals surface area contributed by atoms with Crippen molar-refractivity contribution in [2.45, 2.75) is 13.3 Å². The van der Waals surface area contributed by atoms with E-state index in [1.807, 2.05) is 0 Å². The highest BCUT2D eigenvalue weighted by Crippen LogP contribution is 2.21. The first-order valence-electron chi connectivity index (χ1n) is 8.13. The third-order valence-corrected chi connectivity index (χ3v) is 4.55. The van der Waals surface area contributed by atoms with E-state index in [1.54, 1.807) is 30.5 Å². The van der Waals surface area contributed by atoms with Gasteiger partial charge >= 0.3 is 5.97 Å². The van der Waals surface area contributed by atoms with Crippen molar-refractivity contribution in [3.05, 3.63) is 51.3 Å². The maximum atomic E-state index is 12.6. The molecule has 1 amide bonds. The van der Waals surface area contributed by atoms with Crippen molar-refractivity contribution in [3.63, 3.8) is 0 Å². The monoisotopic (exact) mass is 387 g/mol. The number of carbonyl (C=O) groups is 2. The molecule has 8 nitrogen and oxygen atoms in total. The quantitative estimate of drug-likeness (QED) is 0.628. The standard InChI is InChI=1S/C18H17N3O5S/c1-3-26-14(22)7-10-9-27-18(20-10)21-17(24)12-8-19-15-11(16(12)23)5-4-6-13(15)25-2/h4-6,8-9H,3,7H2,1-2H3,(H,19,23)(H,20,21,24). The van der Waals surface area contributed by atoms with Crippen molar-refractivity contribution in [3.8, 4) is 5.75 Å². The summed E-state index contributed by atoms with van der Waals surface area (Å²) in [4.78, 5) is 43.7. The Hall–Kier alpha value is -3.20. The number of aromatic amines is 1. The Labute approximate surface area is 158 Å². The van der Waals surface area contributed by atoms with Gasteiger partial charge in [0.05, 0.1) is 36.7 Å². The van der Waals surface area contributed by atoms with E-state index in [1.165, 1.54) is 24.6 Å². The number of benzene rings is 1. The van der Waals surface area contributed by atoms with E-state index in [0.29, 0.717) is 34.1 Å². The molecule has 0 radical (unpaired) electrons. The van der Waals surface area contributed by atoms with Gasteiger partial charge in [-0.3, -0.25) is 19.7 Å². The zero-order valence-corrected chi connectivity index (χ0v) is 15.5. The molecule has 2 N–H and O–H groups in total. The van der Waals surface area contributed by atoms with Gasteiger partial charge in [0.15, 0.2) is 5.13 Å². The topological polar surface area (TPSA) is 110 Å². The van der Waals surface area contributed by atoms with Gasteiger partial charge < -0.3 is 14.5 Å². The molecule has 27 heavy (non-hydrogen) atoms. The first kappa shape index (κ1) is 18.6. The molecule has 0 aliphatic carbocycles. The zero-order chi connectivity index (χ0) is 19.4. The minimum Gasteiger partial charge on any atom is -0.495 e. The zero-order valence-electron chi connectivity index (χ0n) is 14.7. The summed E-state index contributed by atoms with van der Waals surface area (Å²) in [5.74, 6) is -0.460. The third kappa shape index (κ3) is 3.98. The van der Waals surface area contributed by atoms with E-state index in [4.69, 9.17) is 9.47 Å². The van der Waals surface area contributed by atoms with Crippen LogP contribution in [0, 0.1) is 0 Å². The van der Waals surface area contributed by atoms with Crippen LogP contribution in [0.5, 0.6) is 5.75 Å². The van der Waals surface area contributed by atoms with Gasteiger partial charge in [-0.25, -0.2) is 4.98 Å². The second-order valence-corrected chi connectivity index (χ2v) is 6.35. The number of hydrogen-bond donors (Lipinski definition) is 2. The number of rotatable bonds is 6. The number of H-pyrrole nitrogens is 1. The number of thiazole rings is 1. The molecule has 0 spiro atoms. The summed E-state index contributed by atoms with van der Waals surface area (Å²) >= 11 is 1.17. The summed E-state index contributed by atoms with van der Waals surface area (Å²) < 4.78 is 10.1. The van der Waals surface area contributed by atoms with E-state index in [2.05, 4.69) is 15.3 Å². The van der Waals surface area contributed by atoms with Crippen LogP contribution < -0.4 is 15.5 Å². The molecular formula is C18H17N3O5S. The fourth-order valence-corrected chi connectivity index (χ4v) is 3.24. The van der Waals surface area contributed by atoms with E-state index in [9.17, 15) is 14.4 Å². The van der Waals surface area contributed by atoms with Crippen LogP contribution in [0.1, 0.15) is 23.0 Å². The van der Waals surface area contributed by atoms with E-state index in [0.717, 1.165) is 0 Å². The van der Waals surface area contributed by atoms with Crippen molar-refractivity contribution in [2.24, 2.45) is 0 Å². The van der Waals surface area contributed by atoms with Gasteiger partial charge in [-0.05, 0) is 19.1 Å². The molecule has 0 bridgehead atoms. The van der Waals surface area contributed by atoms with Crippen LogP contribution in [0.25, 0.3) is 10.9 Å². The number of esters is 1. The molecule has 0 aliphatic heterocycles. The van der Waals surface area contributed by atoms with Gasteiger partial charge in [-0.1, -0.05) is 6.07 Å². The summed E-state index contributed by atoms with van der Waals surface area (Å²) in [5, 5.41) is 4.88. The lowest BCUT2D eigenvalue weighted by molar-refractivity contribution is -0.142. The van der Waals surface area contributed by atoms with Crippen LogP contribution in [0.3, 0.4) is 0 Å². The first-order valence-corrected chi connectivity index (χ1v) is 9.01. The van der Waals surface area contributed by atoms with Gasteiger partial charge in [0.1, 0.15) is 11.3 Å². The van der Waals surface area contributed by atoms with E-state index in [-0.39, 0.29) is 18.0 Å². The number of para-hydroxylation sites is 1. The molecule has 0 aliphatic rings. The number of hydrogen-bond acceptors (Lipinski definition) is 7. The molecule has 0 fully saturated rings. The molecule has 0 atom stereocenters. The van der Waals surface area contributed by atoms with Crippen LogP contribution >= 0.6 is 11.3 Å². The molecule has 1 aromatic carbocycles. The Kier molecular flexibility index (Phi) is 5.51. The number of carbonyl (C=O) groups excluding carboxylic acids is 2. The van der Waals surface area contributed by atoms with Crippen molar-refractivity contribution < 1.29 is 19.1 Å². The molecular weight excluding hydrogens is 370 g/mol. The molecule has 0 unspecified atom stereocenters. The summed E-state index contributed by atoms with van der Waals surface area (Å²) in [6.45, 7) is 2.02. The van der Waals surface area contributed by atoms with Gasteiger partial charge in [0.25, 0.3) is 5.91 Å².